The van der Waals surface area contributed by atoms with Crippen molar-refractivity contribution in [3.8, 4) is 0 Å². The molecular formula is C19H28ClN3O. The first kappa shape index (κ1) is 18.8. The first-order chi connectivity index (χ1) is 11.7. The fraction of sp³-hybridized carbons (Fsp3) is 0.526. The highest BCUT2D eigenvalue weighted by Gasteiger charge is 2.12. The largest absolute Gasteiger partial charge is 0.329 e. The van der Waals surface area contributed by atoms with Gasteiger partial charge in [0.15, 0.2) is 0 Å². The third kappa shape index (κ3) is 4.52. The number of allylic oxidation sites excluding steroid dienone is 2. The van der Waals surface area contributed by atoms with Gasteiger partial charge in [0.1, 0.15) is 0 Å². The van der Waals surface area contributed by atoms with Crippen LogP contribution in [0.15, 0.2) is 41.2 Å². The van der Waals surface area contributed by atoms with E-state index in [0.29, 0.717) is 12.4 Å². The lowest BCUT2D eigenvalue weighted by Gasteiger charge is -2.20. The van der Waals surface area contributed by atoms with E-state index in [-0.39, 0.29) is 5.69 Å². The number of para-hydroxylation sites is 2. The Balaban J connectivity index is 2.24. The van der Waals surface area contributed by atoms with Crippen LogP contribution in [0.5, 0.6) is 0 Å². The molecule has 2 aromatic rings. The van der Waals surface area contributed by atoms with Crippen molar-refractivity contribution in [2.75, 3.05) is 25.5 Å². The second-order valence-corrected chi connectivity index (χ2v) is 6.26. The van der Waals surface area contributed by atoms with Crippen molar-refractivity contribution in [2.24, 2.45) is 0 Å². The molecule has 0 spiro atoms. The Bertz CT molecular complexity index is 717. The van der Waals surface area contributed by atoms with E-state index in [2.05, 4.69) is 18.7 Å². The Kier molecular flexibility index (Phi) is 7.60. The molecule has 0 N–H and O–H groups in total. The van der Waals surface area contributed by atoms with Crippen LogP contribution in [0.3, 0.4) is 0 Å². The van der Waals surface area contributed by atoms with Gasteiger partial charge >= 0.3 is 5.69 Å². The number of aromatic nitrogens is 2. The second-order valence-electron chi connectivity index (χ2n) is 5.95. The monoisotopic (exact) mass is 349 g/mol. The van der Waals surface area contributed by atoms with Crippen LogP contribution in [0.4, 0.5) is 0 Å². The minimum atomic E-state index is 0.0574. The van der Waals surface area contributed by atoms with E-state index in [1.54, 1.807) is 0 Å². The van der Waals surface area contributed by atoms with Gasteiger partial charge in [-0.25, -0.2) is 4.79 Å². The Hall–Kier alpha value is -1.52. The molecule has 1 aromatic carbocycles. The van der Waals surface area contributed by atoms with E-state index < -0.39 is 0 Å². The van der Waals surface area contributed by atoms with E-state index in [0.717, 1.165) is 37.2 Å². The van der Waals surface area contributed by atoms with Crippen molar-refractivity contribution in [3.63, 3.8) is 0 Å². The van der Waals surface area contributed by atoms with Gasteiger partial charge in [-0.1, -0.05) is 44.6 Å². The average Bonchev–Trinajstić information content (AvgIpc) is 2.87. The maximum Gasteiger partial charge on any atom is 0.329 e. The zero-order valence-electron chi connectivity index (χ0n) is 14.7. The Morgan fingerprint density at radius 3 is 2.42 bits per heavy atom. The lowest BCUT2D eigenvalue weighted by molar-refractivity contribution is 0.271. The Labute approximate surface area is 149 Å². The van der Waals surface area contributed by atoms with E-state index in [4.69, 9.17) is 11.6 Å². The molecule has 132 valence electrons. The van der Waals surface area contributed by atoms with Gasteiger partial charge in [0.2, 0.25) is 0 Å². The zero-order chi connectivity index (χ0) is 17.4. The number of halogens is 1. The summed E-state index contributed by atoms with van der Waals surface area (Å²) in [5, 5.41) is 0. The molecule has 5 heteroatoms. The van der Waals surface area contributed by atoms with Crippen LogP contribution in [0.1, 0.15) is 26.7 Å². The van der Waals surface area contributed by atoms with Crippen LogP contribution in [-0.2, 0) is 13.1 Å². The predicted octanol–water partition coefficient (Wildman–Crippen LogP) is 3.72. The predicted molar refractivity (Wildman–Crippen MR) is 103 cm³/mol. The Morgan fingerprint density at radius 2 is 1.79 bits per heavy atom. The number of imidazole rings is 1. The van der Waals surface area contributed by atoms with Gasteiger partial charge in [-0.05, 0) is 31.6 Å². The van der Waals surface area contributed by atoms with Gasteiger partial charge in [0, 0.05) is 25.5 Å². The molecule has 0 bridgehead atoms. The first-order valence-corrected chi connectivity index (χ1v) is 9.37. The van der Waals surface area contributed by atoms with E-state index in [1.165, 1.54) is 12.8 Å². The van der Waals surface area contributed by atoms with Gasteiger partial charge < -0.3 is 4.90 Å². The molecule has 0 amide bonds. The summed E-state index contributed by atoms with van der Waals surface area (Å²) in [6.45, 7) is 8.70. The SMILES string of the molecule is CCCCN(CC)CCn1c(=O)n(C/C=C/CCl)c2ccccc21. The molecule has 4 nitrogen and oxygen atoms in total. The minimum Gasteiger partial charge on any atom is -0.302 e. The highest BCUT2D eigenvalue weighted by molar-refractivity contribution is 6.18. The molecule has 0 radical (unpaired) electrons. The topological polar surface area (TPSA) is 30.2 Å². The molecule has 0 atom stereocenters. The quantitative estimate of drug-likeness (QED) is 0.483. The Morgan fingerprint density at radius 1 is 1.08 bits per heavy atom. The standard InChI is InChI=1S/C19H28ClN3O/c1-3-5-13-21(4-2)15-16-23-18-11-7-6-10-17(18)22(19(23)24)14-9-8-12-20/h6-11H,3-5,12-16H2,1-2H3/b9-8+. The number of benzene rings is 1. The third-order valence-corrected chi connectivity index (χ3v) is 4.56. The van der Waals surface area contributed by atoms with E-state index >= 15 is 0 Å². The van der Waals surface area contributed by atoms with E-state index in [9.17, 15) is 4.79 Å². The minimum absolute atomic E-state index is 0.0574. The normalized spacial score (nSPS) is 12.0. The molecule has 0 saturated heterocycles. The van der Waals surface area contributed by atoms with Crippen molar-refractivity contribution < 1.29 is 0 Å². The number of rotatable bonds is 10. The molecule has 0 aliphatic carbocycles. The maximum atomic E-state index is 12.8. The smallest absolute Gasteiger partial charge is 0.302 e. The van der Waals surface area contributed by atoms with Gasteiger partial charge in [-0.2, -0.15) is 0 Å². The number of hydrogen-bond acceptors (Lipinski definition) is 2. The fourth-order valence-corrected chi connectivity index (χ4v) is 3.09. The lowest BCUT2D eigenvalue weighted by atomic mass is 10.3. The highest BCUT2D eigenvalue weighted by atomic mass is 35.5. The van der Waals surface area contributed by atoms with Crippen molar-refractivity contribution in [2.45, 2.75) is 39.8 Å². The second kappa shape index (κ2) is 9.70. The lowest BCUT2D eigenvalue weighted by Crippen LogP contribution is -2.32. The van der Waals surface area contributed by atoms with Gasteiger partial charge in [-0.3, -0.25) is 9.13 Å². The molecule has 24 heavy (non-hydrogen) atoms. The summed E-state index contributed by atoms with van der Waals surface area (Å²) in [7, 11) is 0. The number of alkyl halides is 1. The summed E-state index contributed by atoms with van der Waals surface area (Å²) in [5.41, 5.74) is 2.05. The van der Waals surface area contributed by atoms with Crippen LogP contribution in [0.25, 0.3) is 11.0 Å². The fourth-order valence-electron chi connectivity index (χ4n) is 2.96. The highest BCUT2D eigenvalue weighted by Crippen LogP contribution is 2.13. The molecule has 0 fully saturated rings. The van der Waals surface area contributed by atoms with Gasteiger partial charge in [0.25, 0.3) is 0 Å². The molecule has 0 aliphatic heterocycles. The van der Waals surface area contributed by atoms with Crippen LogP contribution < -0.4 is 5.69 Å². The summed E-state index contributed by atoms with van der Waals surface area (Å²) in [5.74, 6) is 0.469. The van der Waals surface area contributed by atoms with Gasteiger partial charge in [0.05, 0.1) is 11.0 Å². The molecule has 0 unspecified atom stereocenters. The summed E-state index contributed by atoms with van der Waals surface area (Å²) >= 11 is 5.69. The van der Waals surface area contributed by atoms with Gasteiger partial charge in [-0.15, -0.1) is 11.6 Å². The molecule has 1 aromatic heterocycles. The number of likely N-dealkylation sites (N-methyl/N-ethyl adjacent to an activating group) is 1. The third-order valence-electron chi connectivity index (χ3n) is 4.38. The van der Waals surface area contributed by atoms with Crippen LogP contribution >= 0.6 is 11.6 Å². The summed E-state index contributed by atoms with van der Waals surface area (Å²) < 4.78 is 3.72. The van der Waals surface area contributed by atoms with Crippen molar-refractivity contribution in [1.82, 2.24) is 14.0 Å². The number of unbranched alkanes of at least 4 members (excludes halogenated alkanes) is 1. The summed E-state index contributed by atoms with van der Waals surface area (Å²) in [6, 6.07) is 8.01. The average molecular weight is 350 g/mol. The van der Waals surface area contributed by atoms with Crippen molar-refractivity contribution >= 4 is 22.6 Å². The molecule has 0 saturated carbocycles. The number of nitrogens with zero attached hydrogens (tertiary/aromatic N) is 3. The van der Waals surface area contributed by atoms with Crippen molar-refractivity contribution in [1.29, 1.82) is 0 Å². The number of hydrogen-bond donors (Lipinski definition) is 0. The molecule has 2 rings (SSSR count). The summed E-state index contributed by atoms with van der Waals surface area (Å²) in [6.07, 6.45) is 6.23. The maximum absolute atomic E-state index is 12.8. The zero-order valence-corrected chi connectivity index (χ0v) is 15.5. The molecule has 1 heterocycles. The summed E-state index contributed by atoms with van der Waals surface area (Å²) in [4.78, 5) is 15.3. The first-order valence-electron chi connectivity index (χ1n) is 8.84. The van der Waals surface area contributed by atoms with Crippen LogP contribution in [0, 0.1) is 0 Å². The van der Waals surface area contributed by atoms with Crippen LogP contribution in [-0.4, -0.2) is 39.5 Å². The van der Waals surface area contributed by atoms with E-state index in [1.807, 2.05) is 45.6 Å². The molecule has 0 aliphatic rings. The van der Waals surface area contributed by atoms with Crippen LogP contribution in [0.2, 0.25) is 0 Å². The van der Waals surface area contributed by atoms with Crippen molar-refractivity contribution in [3.05, 3.63) is 46.9 Å². The number of fused-ring (bicyclic) bond motifs is 1. The molecular weight excluding hydrogens is 322 g/mol.